The number of hydrogen-bond acceptors (Lipinski definition) is 2. The van der Waals surface area contributed by atoms with E-state index in [1.165, 1.54) is 13.3 Å². The Morgan fingerprint density at radius 1 is 1.73 bits per heavy atom. The molecule has 0 fully saturated rings. The molecular formula is C5H5BrF2N2O. The van der Waals surface area contributed by atoms with Crippen LogP contribution in [0.5, 0.6) is 5.75 Å². The predicted molar refractivity (Wildman–Crippen MR) is 37.7 cm³/mol. The first kappa shape index (κ1) is 8.45. The van der Waals surface area contributed by atoms with Gasteiger partial charge in [0.2, 0.25) is 0 Å². The van der Waals surface area contributed by atoms with Crippen LogP contribution in [0, 0.1) is 0 Å². The van der Waals surface area contributed by atoms with Crippen molar-refractivity contribution in [3.05, 3.63) is 10.8 Å². The van der Waals surface area contributed by atoms with E-state index in [0.29, 0.717) is 10.4 Å². The minimum absolute atomic E-state index is 0.148. The first-order valence-electron chi connectivity index (χ1n) is 2.72. The Morgan fingerprint density at radius 2 is 2.36 bits per heavy atom. The van der Waals surface area contributed by atoms with Crippen molar-refractivity contribution in [2.75, 3.05) is 7.11 Å². The first-order valence-corrected chi connectivity index (χ1v) is 3.51. The zero-order valence-electron chi connectivity index (χ0n) is 5.59. The monoisotopic (exact) mass is 226 g/mol. The Balaban J connectivity index is 3.00. The van der Waals surface area contributed by atoms with E-state index in [1.54, 1.807) is 0 Å². The van der Waals surface area contributed by atoms with Crippen molar-refractivity contribution < 1.29 is 13.5 Å². The van der Waals surface area contributed by atoms with Crippen LogP contribution in [0.2, 0.25) is 0 Å². The minimum Gasteiger partial charge on any atom is -0.492 e. The molecule has 0 bridgehead atoms. The number of ether oxygens (including phenoxy) is 1. The molecule has 1 aromatic rings. The van der Waals surface area contributed by atoms with Crippen molar-refractivity contribution in [3.8, 4) is 5.75 Å². The van der Waals surface area contributed by atoms with Gasteiger partial charge in [-0.2, -0.15) is 18.6 Å². The molecule has 0 saturated carbocycles. The highest BCUT2D eigenvalue weighted by atomic mass is 79.9. The molecule has 0 radical (unpaired) electrons. The standard InChI is InChI=1S/C5H5BrF2N2O/c1-11-3-2-9-10(4(3)6)5(7)8/h2,5H,1H3. The summed E-state index contributed by atoms with van der Waals surface area (Å²) in [4.78, 5) is 0. The molecule has 0 aliphatic rings. The summed E-state index contributed by atoms with van der Waals surface area (Å²) in [6.07, 6.45) is 1.22. The molecule has 0 aromatic carbocycles. The van der Waals surface area contributed by atoms with Gasteiger partial charge in [0, 0.05) is 0 Å². The van der Waals surface area contributed by atoms with Crippen LogP contribution in [-0.4, -0.2) is 16.9 Å². The average molecular weight is 227 g/mol. The summed E-state index contributed by atoms with van der Waals surface area (Å²) in [6.45, 7) is -2.65. The number of methoxy groups -OCH3 is 1. The molecule has 1 aromatic heterocycles. The van der Waals surface area contributed by atoms with Gasteiger partial charge in [0.05, 0.1) is 13.3 Å². The van der Waals surface area contributed by atoms with E-state index in [9.17, 15) is 8.78 Å². The number of aromatic nitrogens is 2. The van der Waals surface area contributed by atoms with Gasteiger partial charge in [-0.05, 0) is 15.9 Å². The largest absolute Gasteiger partial charge is 0.492 e. The van der Waals surface area contributed by atoms with Crippen molar-refractivity contribution >= 4 is 15.9 Å². The number of rotatable bonds is 2. The van der Waals surface area contributed by atoms with Crippen LogP contribution in [-0.2, 0) is 0 Å². The third kappa shape index (κ3) is 1.50. The molecule has 0 unspecified atom stereocenters. The lowest BCUT2D eigenvalue weighted by Crippen LogP contribution is -1.99. The Labute approximate surface area is 70.1 Å². The zero-order valence-corrected chi connectivity index (χ0v) is 7.18. The Kier molecular flexibility index (Phi) is 2.43. The molecule has 0 amide bonds. The first-order chi connectivity index (χ1) is 5.16. The maximum Gasteiger partial charge on any atom is 0.334 e. The molecule has 62 valence electrons. The number of hydrogen-bond donors (Lipinski definition) is 0. The highest BCUT2D eigenvalue weighted by molar-refractivity contribution is 9.10. The van der Waals surface area contributed by atoms with E-state index in [1.807, 2.05) is 0 Å². The van der Waals surface area contributed by atoms with Crippen LogP contribution >= 0.6 is 15.9 Å². The van der Waals surface area contributed by atoms with Gasteiger partial charge in [-0.3, -0.25) is 0 Å². The van der Waals surface area contributed by atoms with Gasteiger partial charge < -0.3 is 4.74 Å². The number of alkyl halides is 2. The summed E-state index contributed by atoms with van der Waals surface area (Å²) in [5.74, 6) is 0.297. The number of nitrogens with zero attached hydrogens (tertiary/aromatic N) is 2. The van der Waals surface area contributed by atoms with E-state index < -0.39 is 6.55 Å². The second kappa shape index (κ2) is 3.17. The normalized spacial score (nSPS) is 10.6. The number of halogens is 3. The maximum absolute atomic E-state index is 12.0. The van der Waals surface area contributed by atoms with Gasteiger partial charge >= 0.3 is 6.55 Å². The SMILES string of the molecule is COc1cnn(C(F)F)c1Br. The summed E-state index contributed by atoms with van der Waals surface area (Å²) in [5, 5.41) is 3.38. The molecule has 6 heteroatoms. The van der Waals surface area contributed by atoms with Crippen molar-refractivity contribution in [2.45, 2.75) is 6.55 Å². The van der Waals surface area contributed by atoms with Crippen LogP contribution in [0.3, 0.4) is 0 Å². The lowest BCUT2D eigenvalue weighted by atomic mass is 10.7. The fraction of sp³-hybridized carbons (Fsp3) is 0.400. The topological polar surface area (TPSA) is 27.1 Å². The fourth-order valence-corrected chi connectivity index (χ4v) is 1.12. The quantitative estimate of drug-likeness (QED) is 0.772. The molecule has 0 N–H and O–H groups in total. The Bertz CT molecular complexity index is 251. The van der Waals surface area contributed by atoms with Crippen LogP contribution in [0.15, 0.2) is 10.8 Å². The lowest BCUT2D eigenvalue weighted by molar-refractivity contribution is 0.0538. The molecular weight excluding hydrogens is 222 g/mol. The molecule has 0 aliphatic heterocycles. The average Bonchev–Trinajstić information content (AvgIpc) is 2.30. The third-order valence-electron chi connectivity index (χ3n) is 1.11. The van der Waals surface area contributed by atoms with Gasteiger partial charge in [0.15, 0.2) is 10.4 Å². The smallest absolute Gasteiger partial charge is 0.334 e. The second-order valence-electron chi connectivity index (χ2n) is 1.73. The zero-order chi connectivity index (χ0) is 8.43. The van der Waals surface area contributed by atoms with Gasteiger partial charge in [-0.25, -0.2) is 0 Å². The van der Waals surface area contributed by atoms with Gasteiger partial charge in [-0.1, -0.05) is 0 Å². The molecule has 0 spiro atoms. The molecule has 1 rings (SSSR count). The van der Waals surface area contributed by atoms with Crippen LogP contribution in [0.1, 0.15) is 6.55 Å². The summed E-state index contributed by atoms with van der Waals surface area (Å²) in [6, 6.07) is 0. The summed E-state index contributed by atoms with van der Waals surface area (Å²) >= 11 is 2.91. The molecule has 0 aliphatic carbocycles. The molecule has 11 heavy (non-hydrogen) atoms. The molecule has 3 nitrogen and oxygen atoms in total. The third-order valence-corrected chi connectivity index (χ3v) is 1.86. The summed E-state index contributed by atoms with van der Waals surface area (Å²) < 4.78 is 29.4. The summed E-state index contributed by atoms with van der Waals surface area (Å²) in [5.41, 5.74) is 0. The van der Waals surface area contributed by atoms with E-state index in [2.05, 4.69) is 21.0 Å². The van der Waals surface area contributed by atoms with Crippen LogP contribution in [0.4, 0.5) is 8.78 Å². The summed E-state index contributed by atoms with van der Waals surface area (Å²) in [7, 11) is 1.39. The van der Waals surface area contributed by atoms with E-state index >= 15 is 0 Å². The second-order valence-corrected chi connectivity index (χ2v) is 2.48. The maximum atomic E-state index is 12.0. The Morgan fingerprint density at radius 3 is 2.64 bits per heavy atom. The highest BCUT2D eigenvalue weighted by Crippen LogP contribution is 2.27. The Hall–Kier alpha value is -0.650. The highest BCUT2D eigenvalue weighted by Gasteiger charge is 2.14. The molecule has 1 heterocycles. The van der Waals surface area contributed by atoms with E-state index in [0.717, 1.165) is 0 Å². The van der Waals surface area contributed by atoms with Crippen LogP contribution in [0.25, 0.3) is 0 Å². The van der Waals surface area contributed by atoms with Crippen molar-refractivity contribution in [1.29, 1.82) is 0 Å². The minimum atomic E-state index is -2.65. The van der Waals surface area contributed by atoms with Gasteiger partial charge in [0.1, 0.15) is 0 Å². The molecule has 0 saturated heterocycles. The van der Waals surface area contributed by atoms with Crippen LogP contribution < -0.4 is 4.74 Å². The van der Waals surface area contributed by atoms with Crippen molar-refractivity contribution in [2.24, 2.45) is 0 Å². The van der Waals surface area contributed by atoms with Crippen molar-refractivity contribution in [1.82, 2.24) is 9.78 Å². The van der Waals surface area contributed by atoms with Gasteiger partial charge in [0.25, 0.3) is 0 Å². The predicted octanol–water partition coefficient (Wildman–Crippen LogP) is 2.05. The van der Waals surface area contributed by atoms with Crippen molar-refractivity contribution in [3.63, 3.8) is 0 Å². The lowest BCUT2D eigenvalue weighted by Gasteiger charge is -1.99. The van der Waals surface area contributed by atoms with E-state index in [-0.39, 0.29) is 4.60 Å². The van der Waals surface area contributed by atoms with E-state index in [4.69, 9.17) is 4.74 Å². The fourth-order valence-electron chi connectivity index (χ4n) is 0.604. The molecule has 0 atom stereocenters. The van der Waals surface area contributed by atoms with Gasteiger partial charge in [-0.15, -0.1) is 0 Å².